The summed E-state index contributed by atoms with van der Waals surface area (Å²) in [7, 11) is 3.87. The summed E-state index contributed by atoms with van der Waals surface area (Å²) in [5, 5.41) is 11.1. The van der Waals surface area contributed by atoms with Gasteiger partial charge in [0.05, 0.1) is 11.6 Å². The van der Waals surface area contributed by atoms with Crippen LogP contribution in [0.2, 0.25) is 0 Å². The summed E-state index contributed by atoms with van der Waals surface area (Å²) in [6, 6.07) is 21.3. The molecule has 1 saturated heterocycles. The number of aryl methyl sites for hydroxylation is 1. The van der Waals surface area contributed by atoms with Crippen molar-refractivity contribution in [3.8, 4) is 0 Å². The number of rotatable bonds is 4. The molecule has 1 fully saturated rings. The van der Waals surface area contributed by atoms with Crippen LogP contribution in [0.25, 0.3) is 5.76 Å². The van der Waals surface area contributed by atoms with Crippen LogP contribution in [-0.2, 0) is 9.59 Å². The lowest BCUT2D eigenvalue weighted by Gasteiger charge is -2.26. The highest BCUT2D eigenvalue weighted by atomic mass is 79.9. The summed E-state index contributed by atoms with van der Waals surface area (Å²) < 4.78 is 0.882. The van der Waals surface area contributed by atoms with E-state index in [0.29, 0.717) is 11.3 Å². The first kappa shape index (κ1) is 21.8. The highest BCUT2D eigenvalue weighted by Gasteiger charge is 2.46. The monoisotopic (exact) mass is 490 g/mol. The predicted molar refractivity (Wildman–Crippen MR) is 131 cm³/mol. The van der Waals surface area contributed by atoms with Crippen molar-refractivity contribution in [1.29, 1.82) is 0 Å². The molecule has 0 bridgehead atoms. The molecular formula is C26H23BrN2O3. The summed E-state index contributed by atoms with van der Waals surface area (Å²) in [6.45, 7) is 1.95. The number of hydrogen-bond donors (Lipinski definition) is 1. The Balaban J connectivity index is 1.90. The number of carbonyl (C=O) groups is 2. The van der Waals surface area contributed by atoms with E-state index in [1.54, 1.807) is 12.1 Å². The van der Waals surface area contributed by atoms with Gasteiger partial charge in [-0.15, -0.1) is 0 Å². The van der Waals surface area contributed by atoms with Gasteiger partial charge in [-0.3, -0.25) is 14.5 Å². The SMILES string of the molecule is Cc1ccc(/C(O)=C2\C(=O)C(=O)N(c3ccc(N(C)C)cc3)[C@H]2c2ccc(Br)cc2)cc1. The molecule has 1 N–H and O–H groups in total. The summed E-state index contributed by atoms with van der Waals surface area (Å²) in [5.41, 5.74) is 3.92. The van der Waals surface area contributed by atoms with E-state index in [9.17, 15) is 14.7 Å². The molecule has 32 heavy (non-hydrogen) atoms. The van der Waals surface area contributed by atoms with E-state index < -0.39 is 17.7 Å². The van der Waals surface area contributed by atoms with Gasteiger partial charge in [-0.2, -0.15) is 0 Å². The second-order valence-electron chi connectivity index (χ2n) is 8.00. The number of aliphatic hydroxyl groups is 1. The van der Waals surface area contributed by atoms with Crippen molar-refractivity contribution in [3.63, 3.8) is 0 Å². The molecular weight excluding hydrogens is 468 g/mol. The van der Waals surface area contributed by atoms with Crippen LogP contribution in [0.1, 0.15) is 22.7 Å². The van der Waals surface area contributed by atoms with Crippen LogP contribution in [-0.4, -0.2) is 30.9 Å². The van der Waals surface area contributed by atoms with Gasteiger partial charge >= 0.3 is 0 Å². The van der Waals surface area contributed by atoms with E-state index in [1.807, 2.05) is 86.6 Å². The Hall–Kier alpha value is -3.38. The van der Waals surface area contributed by atoms with Crippen LogP contribution in [0.4, 0.5) is 11.4 Å². The van der Waals surface area contributed by atoms with Crippen molar-refractivity contribution in [2.45, 2.75) is 13.0 Å². The molecule has 1 aliphatic heterocycles. The van der Waals surface area contributed by atoms with Crippen LogP contribution >= 0.6 is 15.9 Å². The van der Waals surface area contributed by atoms with E-state index in [-0.39, 0.29) is 11.3 Å². The normalized spacial score (nSPS) is 17.6. The fourth-order valence-corrected chi connectivity index (χ4v) is 4.10. The third kappa shape index (κ3) is 3.94. The third-order valence-electron chi connectivity index (χ3n) is 5.60. The van der Waals surface area contributed by atoms with Gasteiger partial charge in [-0.25, -0.2) is 0 Å². The second kappa shape index (κ2) is 8.63. The Morgan fingerprint density at radius 2 is 1.50 bits per heavy atom. The largest absolute Gasteiger partial charge is 0.507 e. The van der Waals surface area contributed by atoms with Crippen molar-refractivity contribution in [3.05, 3.63) is 99.5 Å². The number of nitrogens with zero attached hydrogens (tertiary/aromatic N) is 2. The average molecular weight is 491 g/mol. The molecule has 1 heterocycles. The maximum absolute atomic E-state index is 13.2. The topological polar surface area (TPSA) is 60.9 Å². The Labute approximate surface area is 195 Å². The molecule has 0 spiro atoms. The molecule has 0 saturated carbocycles. The molecule has 5 nitrogen and oxygen atoms in total. The van der Waals surface area contributed by atoms with Crippen molar-refractivity contribution < 1.29 is 14.7 Å². The average Bonchev–Trinajstić information content (AvgIpc) is 3.05. The van der Waals surface area contributed by atoms with E-state index in [0.717, 1.165) is 21.3 Å². The van der Waals surface area contributed by atoms with Crippen LogP contribution in [0.15, 0.2) is 82.8 Å². The Bertz CT molecular complexity index is 1200. The number of carbonyl (C=O) groups excluding carboxylic acids is 2. The molecule has 6 heteroatoms. The lowest BCUT2D eigenvalue weighted by Crippen LogP contribution is -2.29. The minimum atomic E-state index is -0.741. The van der Waals surface area contributed by atoms with E-state index in [4.69, 9.17) is 0 Å². The molecule has 1 atom stereocenters. The molecule has 0 aliphatic carbocycles. The molecule has 1 aliphatic rings. The molecule has 0 radical (unpaired) electrons. The Morgan fingerprint density at radius 1 is 0.906 bits per heavy atom. The van der Waals surface area contributed by atoms with Gasteiger partial charge in [-0.1, -0.05) is 57.9 Å². The zero-order valence-corrected chi connectivity index (χ0v) is 19.6. The first-order valence-electron chi connectivity index (χ1n) is 10.2. The quantitative estimate of drug-likeness (QED) is 0.300. The summed E-state index contributed by atoms with van der Waals surface area (Å²) in [4.78, 5) is 29.8. The molecule has 0 aromatic heterocycles. The Kier molecular flexibility index (Phi) is 5.89. The van der Waals surface area contributed by atoms with Gasteiger partial charge in [0.2, 0.25) is 0 Å². The van der Waals surface area contributed by atoms with Gasteiger partial charge in [-0.05, 0) is 48.9 Å². The zero-order chi connectivity index (χ0) is 23.0. The summed E-state index contributed by atoms with van der Waals surface area (Å²) >= 11 is 3.43. The van der Waals surface area contributed by atoms with Crippen LogP contribution < -0.4 is 9.80 Å². The number of halogens is 1. The summed E-state index contributed by atoms with van der Waals surface area (Å²) in [5.74, 6) is -1.54. The zero-order valence-electron chi connectivity index (χ0n) is 18.0. The number of benzene rings is 3. The molecule has 0 unspecified atom stereocenters. The number of anilines is 2. The van der Waals surface area contributed by atoms with Crippen LogP contribution in [0, 0.1) is 6.92 Å². The first-order valence-corrected chi connectivity index (χ1v) is 11.0. The van der Waals surface area contributed by atoms with Crippen molar-refractivity contribution in [2.24, 2.45) is 0 Å². The van der Waals surface area contributed by atoms with Crippen LogP contribution in [0.3, 0.4) is 0 Å². The number of amides is 1. The van der Waals surface area contributed by atoms with Gasteiger partial charge in [0.1, 0.15) is 5.76 Å². The summed E-state index contributed by atoms with van der Waals surface area (Å²) in [6.07, 6.45) is 0. The van der Waals surface area contributed by atoms with Crippen LogP contribution in [0.5, 0.6) is 0 Å². The van der Waals surface area contributed by atoms with E-state index in [1.165, 1.54) is 4.90 Å². The van der Waals surface area contributed by atoms with Gasteiger partial charge in [0.15, 0.2) is 0 Å². The number of hydrogen-bond acceptors (Lipinski definition) is 4. The molecule has 3 aromatic rings. The highest BCUT2D eigenvalue weighted by Crippen LogP contribution is 2.42. The van der Waals surface area contributed by atoms with Gasteiger partial charge in [0.25, 0.3) is 11.7 Å². The van der Waals surface area contributed by atoms with Gasteiger partial charge < -0.3 is 10.0 Å². The molecule has 162 valence electrons. The first-order chi connectivity index (χ1) is 15.3. The van der Waals surface area contributed by atoms with Gasteiger partial charge in [0, 0.05) is 35.5 Å². The molecule has 3 aromatic carbocycles. The third-order valence-corrected chi connectivity index (χ3v) is 6.13. The smallest absolute Gasteiger partial charge is 0.300 e. The second-order valence-corrected chi connectivity index (χ2v) is 8.91. The van der Waals surface area contributed by atoms with Crippen molar-refractivity contribution >= 4 is 44.8 Å². The Morgan fingerprint density at radius 3 is 2.06 bits per heavy atom. The minimum absolute atomic E-state index is 0.0814. The molecule has 4 rings (SSSR count). The minimum Gasteiger partial charge on any atom is -0.507 e. The maximum Gasteiger partial charge on any atom is 0.300 e. The van der Waals surface area contributed by atoms with E-state index in [2.05, 4.69) is 15.9 Å². The predicted octanol–water partition coefficient (Wildman–Crippen LogP) is 5.45. The fourth-order valence-electron chi connectivity index (χ4n) is 3.84. The lowest BCUT2D eigenvalue weighted by molar-refractivity contribution is -0.132. The highest BCUT2D eigenvalue weighted by molar-refractivity contribution is 9.10. The fraction of sp³-hybridized carbons (Fsp3) is 0.154. The van der Waals surface area contributed by atoms with E-state index >= 15 is 0 Å². The lowest BCUT2D eigenvalue weighted by atomic mass is 9.95. The maximum atomic E-state index is 13.2. The van der Waals surface area contributed by atoms with Crippen molar-refractivity contribution in [1.82, 2.24) is 0 Å². The number of aliphatic hydroxyl groups excluding tert-OH is 1. The number of Topliss-reactive ketones (excluding diaryl/α,β-unsaturated/α-hetero) is 1. The number of ketones is 1. The standard InChI is InChI=1S/C26H23BrN2O3/c1-16-4-6-18(7-5-16)24(30)22-23(17-8-10-19(27)11-9-17)29(26(32)25(22)31)21-14-12-20(13-15-21)28(2)3/h4-15,23,30H,1-3H3/b24-22+/t23-/m0/s1. The van der Waals surface area contributed by atoms with Crippen molar-refractivity contribution in [2.75, 3.05) is 23.9 Å². The molecule has 1 amide bonds.